The minimum atomic E-state index is -0.342. The molecule has 7 nitrogen and oxygen atoms in total. The van der Waals surface area contributed by atoms with E-state index < -0.39 is 0 Å². The lowest BCUT2D eigenvalue weighted by atomic mass is 10.2. The van der Waals surface area contributed by atoms with Gasteiger partial charge in [0.25, 0.3) is 0 Å². The van der Waals surface area contributed by atoms with Crippen molar-refractivity contribution in [3.8, 4) is 6.07 Å². The molecular formula is C16H23N5O2. The predicted octanol–water partition coefficient (Wildman–Crippen LogP) is -0.0855. The topological polar surface area (TPSA) is 83.7 Å². The molecule has 0 saturated carbocycles. The molecule has 0 bridgehead atoms. The zero-order valence-corrected chi connectivity index (χ0v) is 13.6. The standard InChI is InChI=1S/C16H23N5O2/c1-13(22)11-20-5-7-21(8-6-20)16(23)12-19(2)15-4-3-14(9-17)10-18-15/h3-4,10,13,22H,5-8,11-12H2,1-2H3. The van der Waals surface area contributed by atoms with Crippen LogP contribution in [0.1, 0.15) is 12.5 Å². The average molecular weight is 317 g/mol. The van der Waals surface area contributed by atoms with Crippen LogP contribution in [0.3, 0.4) is 0 Å². The third kappa shape index (κ3) is 4.91. The molecule has 1 aromatic heterocycles. The van der Waals surface area contributed by atoms with Gasteiger partial charge in [0.15, 0.2) is 0 Å². The number of anilines is 1. The number of rotatable bonds is 5. The van der Waals surface area contributed by atoms with Crippen LogP contribution in [0.2, 0.25) is 0 Å². The van der Waals surface area contributed by atoms with Gasteiger partial charge in [-0.1, -0.05) is 0 Å². The van der Waals surface area contributed by atoms with E-state index in [1.165, 1.54) is 6.20 Å². The molecule has 1 saturated heterocycles. The number of carbonyl (C=O) groups excluding carboxylic acids is 1. The van der Waals surface area contributed by atoms with E-state index in [1.54, 1.807) is 24.0 Å². The van der Waals surface area contributed by atoms with E-state index in [0.717, 1.165) is 13.1 Å². The first-order chi connectivity index (χ1) is 11.0. The maximum atomic E-state index is 12.4. The molecule has 0 radical (unpaired) electrons. The summed E-state index contributed by atoms with van der Waals surface area (Å²) >= 11 is 0. The van der Waals surface area contributed by atoms with Gasteiger partial charge in [0.1, 0.15) is 11.9 Å². The van der Waals surface area contributed by atoms with Gasteiger partial charge in [0.05, 0.1) is 18.2 Å². The Labute approximate surface area is 136 Å². The Hall–Kier alpha value is -2.17. The van der Waals surface area contributed by atoms with Gasteiger partial charge in [-0.25, -0.2) is 4.98 Å². The molecule has 1 fully saturated rings. The van der Waals surface area contributed by atoms with E-state index in [-0.39, 0.29) is 18.6 Å². The van der Waals surface area contributed by atoms with E-state index in [1.807, 2.05) is 18.0 Å². The van der Waals surface area contributed by atoms with Crippen molar-refractivity contribution in [3.63, 3.8) is 0 Å². The summed E-state index contributed by atoms with van der Waals surface area (Å²) in [6.45, 7) is 5.62. The van der Waals surface area contributed by atoms with Crippen molar-refractivity contribution >= 4 is 11.7 Å². The molecule has 2 heterocycles. The van der Waals surface area contributed by atoms with Crippen LogP contribution in [0.5, 0.6) is 0 Å². The molecular weight excluding hydrogens is 294 g/mol. The first-order valence-corrected chi connectivity index (χ1v) is 7.75. The van der Waals surface area contributed by atoms with Gasteiger partial charge in [-0.15, -0.1) is 0 Å². The molecule has 1 aromatic rings. The Morgan fingerprint density at radius 2 is 2.13 bits per heavy atom. The summed E-state index contributed by atoms with van der Waals surface area (Å²) in [6, 6.07) is 5.46. The summed E-state index contributed by atoms with van der Waals surface area (Å²) in [7, 11) is 1.82. The van der Waals surface area contributed by atoms with Crippen LogP contribution >= 0.6 is 0 Å². The Kier molecular flexibility index (Phi) is 5.90. The van der Waals surface area contributed by atoms with Gasteiger partial charge in [0, 0.05) is 46.0 Å². The van der Waals surface area contributed by atoms with Crippen LogP contribution in [0.25, 0.3) is 0 Å². The minimum absolute atomic E-state index is 0.0651. The van der Waals surface area contributed by atoms with Gasteiger partial charge in [-0.2, -0.15) is 5.26 Å². The number of hydrogen-bond acceptors (Lipinski definition) is 6. The molecule has 23 heavy (non-hydrogen) atoms. The van der Waals surface area contributed by atoms with E-state index in [9.17, 15) is 9.90 Å². The van der Waals surface area contributed by atoms with Gasteiger partial charge in [0.2, 0.25) is 5.91 Å². The van der Waals surface area contributed by atoms with Crippen LogP contribution in [-0.2, 0) is 4.79 Å². The second kappa shape index (κ2) is 7.90. The third-order valence-electron chi connectivity index (χ3n) is 3.89. The quantitative estimate of drug-likeness (QED) is 0.817. The van der Waals surface area contributed by atoms with Crippen molar-refractivity contribution in [2.75, 3.05) is 51.2 Å². The monoisotopic (exact) mass is 317 g/mol. The molecule has 0 aromatic carbocycles. The van der Waals surface area contributed by atoms with Gasteiger partial charge in [-0.05, 0) is 19.1 Å². The van der Waals surface area contributed by atoms with Crippen molar-refractivity contribution < 1.29 is 9.90 Å². The number of piperazine rings is 1. The molecule has 1 atom stereocenters. The molecule has 1 aliphatic rings. The molecule has 0 spiro atoms. The summed E-state index contributed by atoms with van der Waals surface area (Å²) in [5.74, 6) is 0.737. The summed E-state index contributed by atoms with van der Waals surface area (Å²) in [6.07, 6.45) is 1.16. The molecule has 2 rings (SSSR count). The molecule has 124 valence electrons. The summed E-state index contributed by atoms with van der Waals surface area (Å²) in [5.41, 5.74) is 0.503. The second-order valence-corrected chi connectivity index (χ2v) is 5.90. The van der Waals surface area contributed by atoms with Gasteiger partial charge < -0.3 is 14.9 Å². The summed E-state index contributed by atoms with van der Waals surface area (Å²) in [4.78, 5) is 22.4. The van der Waals surface area contributed by atoms with Crippen LogP contribution in [0.15, 0.2) is 18.3 Å². The van der Waals surface area contributed by atoms with E-state index in [2.05, 4.69) is 9.88 Å². The van der Waals surface area contributed by atoms with Crippen LogP contribution in [0.4, 0.5) is 5.82 Å². The number of nitriles is 1. The molecule has 1 N–H and O–H groups in total. The minimum Gasteiger partial charge on any atom is -0.392 e. The zero-order valence-electron chi connectivity index (χ0n) is 13.6. The van der Waals surface area contributed by atoms with Crippen molar-refractivity contribution in [1.82, 2.24) is 14.8 Å². The average Bonchev–Trinajstić information content (AvgIpc) is 2.55. The molecule has 0 aliphatic carbocycles. The molecule has 1 amide bonds. The molecule has 7 heteroatoms. The highest BCUT2D eigenvalue weighted by molar-refractivity contribution is 5.81. The Balaban J connectivity index is 1.83. The number of carbonyl (C=O) groups is 1. The number of likely N-dealkylation sites (N-methyl/N-ethyl adjacent to an activating group) is 1. The highest BCUT2D eigenvalue weighted by Gasteiger charge is 2.22. The summed E-state index contributed by atoms with van der Waals surface area (Å²) in [5, 5.41) is 18.2. The van der Waals surface area contributed by atoms with Gasteiger partial charge >= 0.3 is 0 Å². The van der Waals surface area contributed by atoms with Crippen LogP contribution in [0, 0.1) is 11.3 Å². The van der Waals surface area contributed by atoms with Crippen molar-refractivity contribution in [1.29, 1.82) is 5.26 Å². The first-order valence-electron chi connectivity index (χ1n) is 7.75. The second-order valence-electron chi connectivity index (χ2n) is 5.90. The fourth-order valence-corrected chi connectivity index (χ4v) is 2.62. The fourth-order valence-electron chi connectivity index (χ4n) is 2.62. The van der Waals surface area contributed by atoms with Crippen LogP contribution in [-0.4, -0.2) is 78.2 Å². The number of amides is 1. The van der Waals surface area contributed by atoms with Crippen molar-refractivity contribution in [2.45, 2.75) is 13.0 Å². The maximum Gasteiger partial charge on any atom is 0.242 e. The number of pyridine rings is 1. The Morgan fingerprint density at radius 1 is 1.43 bits per heavy atom. The van der Waals surface area contributed by atoms with Crippen LogP contribution < -0.4 is 4.90 Å². The smallest absolute Gasteiger partial charge is 0.242 e. The molecule has 1 aliphatic heterocycles. The zero-order chi connectivity index (χ0) is 16.8. The maximum absolute atomic E-state index is 12.4. The first kappa shape index (κ1) is 17.2. The number of aliphatic hydroxyl groups is 1. The van der Waals surface area contributed by atoms with Crippen molar-refractivity contribution in [3.05, 3.63) is 23.9 Å². The van der Waals surface area contributed by atoms with Crippen molar-refractivity contribution in [2.24, 2.45) is 0 Å². The Bertz CT molecular complexity index is 559. The Morgan fingerprint density at radius 3 is 2.65 bits per heavy atom. The summed E-state index contributed by atoms with van der Waals surface area (Å²) < 4.78 is 0. The normalized spacial score (nSPS) is 16.7. The number of aromatic nitrogens is 1. The van der Waals surface area contributed by atoms with E-state index in [4.69, 9.17) is 5.26 Å². The van der Waals surface area contributed by atoms with E-state index in [0.29, 0.717) is 31.0 Å². The highest BCUT2D eigenvalue weighted by atomic mass is 16.3. The number of hydrogen-bond donors (Lipinski definition) is 1. The SMILES string of the molecule is CC(O)CN1CCN(C(=O)CN(C)c2ccc(C#N)cn2)CC1. The number of β-amino-alcohol motifs (C(OH)–C–C–N with tert-alkyl or cyclic N) is 1. The lowest BCUT2D eigenvalue weighted by Gasteiger charge is -2.36. The molecule has 1 unspecified atom stereocenters. The lowest BCUT2D eigenvalue weighted by molar-refractivity contribution is -0.131. The predicted molar refractivity (Wildman–Crippen MR) is 86.9 cm³/mol. The lowest BCUT2D eigenvalue weighted by Crippen LogP contribution is -2.52. The van der Waals surface area contributed by atoms with Gasteiger partial charge in [-0.3, -0.25) is 9.69 Å². The highest BCUT2D eigenvalue weighted by Crippen LogP contribution is 2.10. The van der Waals surface area contributed by atoms with E-state index >= 15 is 0 Å². The number of aliphatic hydroxyl groups excluding tert-OH is 1. The number of nitrogens with zero attached hydrogens (tertiary/aromatic N) is 5. The largest absolute Gasteiger partial charge is 0.392 e. The fraction of sp³-hybridized carbons (Fsp3) is 0.562. The third-order valence-corrected chi connectivity index (χ3v) is 3.89.